The number of carbonyl (C=O) groups is 1. The van der Waals surface area contributed by atoms with Crippen molar-refractivity contribution in [3.8, 4) is 5.75 Å². The number of hydrogen-bond donors (Lipinski definition) is 0. The highest BCUT2D eigenvalue weighted by Crippen LogP contribution is 2.32. The van der Waals surface area contributed by atoms with E-state index in [-0.39, 0.29) is 17.3 Å². The van der Waals surface area contributed by atoms with E-state index in [4.69, 9.17) is 4.74 Å². The number of fused-ring (bicyclic) bond motifs is 1. The highest BCUT2D eigenvalue weighted by molar-refractivity contribution is 7.92. The third kappa shape index (κ3) is 6.41. The number of halogens is 1. The average molecular weight is 498 g/mol. The maximum atomic E-state index is 13.2. The lowest BCUT2D eigenvalue weighted by atomic mass is 10.2. The van der Waals surface area contributed by atoms with E-state index in [9.17, 15) is 13.2 Å². The number of sulfone groups is 1. The fourth-order valence-electron chi connectivity index (χ4n) is 3.08. The molecule has 1 heterocycles. The van der Waals surface area contributed by atoms with Crippen molar-refractivity contribution in [1.29, 1.82) is 0 Å². The predicted molar refractivity (Wildman–Crippen MR) is 132 cm³/mol. The Kier molecular flexibility index (Phi) is 9.03. The topological polar surface area (TPSA) is 79.8 Å². The molecule has 0 bridgehead atoms. The van der Waals surface area contributed by atoms with Crippen LogP contribution in [0.2, 0.25) is 0 Å². The first-order chi connectivity index (χ1) is 14.7. The van der Waals surface area contributed by atoms with Gasteiger partial charge in [-0.15, -0.1) is 12.4 Å². The van der Waals surface area contributed by atoms with Crippen molar-refractivity contribution in [2.45, 2.75) is 18.2 Å². The Morgan fingerprint density at radius 2 is 1.78 bits per heavy atom. The molecule has 0 radical (unpaired) electrons. The molecule has 32 heavy (non-hydrogen) atoms. The largest absolute Gasteiger partial charge is 0.497 e. The zero-order chi connectivity index (χ0) is 22.6. The number of ether oxygens (including phenoxy) is 1. The van der Waals surface area contributed by atoms with Crippen molar-refractivity contribution < 1.29 is 17.9 Å². The average Bonchev–Trinajstić information content (AvgIpc) is 3.13. The molecular weight excluding hydrogens is 470 g/mol. The summed E-state index contributed by atoms with van der Waals surface area (Å²) in [6.45, 7) is 3.04. The normalized spacial score (nSPS) is 11.4. The van der Waals surface area contributed by atoms with Crippen LogP contribution in [-0.4, -0.2) is 64.3 Å². The quantitative estimate of drug-likeness (QED) is 0.447. The molecule has 0 aliphatic heterocycles. The molecule has 0 atom stereocenters. The second-order valence-corrected chi connectivity index (χ2v) is 10.6. The number of aromatic nitrogens is 1. The van der Waals surface area contributed by atoms with Gasteiger partial charge in [-0.3, -0.25) is 9.69 Å². The minimum Gasteiger partial charge on any atom is -0.497 e. The van der Waals surface area contributed by atoms with Crippen LogP contribution >= 0.6 is 23.7 Å². The summed E-state index contributed by atoms with van der Waals surface area (Å²) in [5.41, 5.74) is 1.70. The molecule has 0 aliphatic rings. The van der Waals surface area contributed by atoms with Crippen LogP contribution in [0.5, 0.6) is 5.75 Å². The van der Waals surface area contributed by atoms with Gasteiger partial charge in [0.25, 0.3) is 0 Å². The minimum absolute atomic E-state index is 0. The number of carbonyl (C=O) groups excluding carboxylic acids is 1. The van der Waals surface area contributed by atoms with Crippen molar-refractivity contribution in [2.75, 3.05) is 44.9 Å². The maximum Gasteiger partial charge on any atom is 0.244 e. The molecule has 3 aromatic rings. The van der Waals surface area contributed by atoms with Crippen LogP contribution in [0.3, 0.4) is 0 Å². The van der Waals surface area contributed by atoms with Crippen molar-refractivity contribution in [3.05, 3.63) is 48.0 Å². The number of hydrogen-bond acceptors (Lipinski definition) is 7. The highest BCUT2D eigenvalue weighted by Gasteiger charge is 2.26. The molecule has 1 aromatic heterocycles. The second kappa shape index (κ2) is 11.1. The Bertz CT molecular complexity index is 1160. The molecule has 1 amide bonds. The molecule has 3 rings (SSSR count). The highest BCUT2D eigenvalue weighted by atomic mass is 35.5. The maximum absolute atomic E-state index is 13.2. The van der Waals surface area contributed by atoms with E-state index in [1.807, 2.05) is 44.1 Å². The summed E-state index contributed by atoms with van der Waals surface area (Å²) in [5, 5.41) is 0.492. The van der Waals surface area contributed by atoms with Crippen LogP contribution in [0, 0.1) is 6.92 Å². The Hall–Kier alpha value is -2.20. The minimum atomic E-state index is -3.76. The molecule has 2 aromatic carbocycles. The zero-order valence-corrected chi connectivity index (χ0v) is 21.0. The van der Waals surface area contributed by atoms with Crippen molar-refractivity contribution in [2.24, 2.45) is 0 Å². The van der Waals surface area contributed by atoms with Gasteiger partial charge in [-0.2, -0.15) is 0 Å². The zero-order valence-electron chi connectivity index (χ0n) is 18.6. The standard InChI is InChI=1S/C22H27N3O4S2.ClH/c1-16-6-9-18(10-7-16)31(27,28)15-21(26)25(13-5-12-24(2)3)22-23-19-11-8-17(29-4)14-20(19)30-22;/h6-11,14H,5,12-13,15H2,1-4H3;1H. The summed E-state index contributed by atoms with van der Waals surface area (Å²) in [6, 6.07) is 12.0. The smallest absolute Gasteiger partial charge is 0.244 e. The van der Waals surface area contributed by atoms with Gasteiger partial charge in [0.15, 0.2) is 15.0 Å². The van der Waals surface area contributed by atoms with Gasteiger partial charge in [-0.1, -0.05) is 29.0 Å². The van der Waals surface area contributed by atoms with Gasteiger partial charge < -0.3 is 9.64 Å². The summed E-state index contributed by atoms with van der Waals surface area (Å²) >= 11 is 1.35. The van der Waals surface area contributed by atoms with Crippen LogP contribution in [0.4, 0.5) is 5.13 Å². The first-order valence-corrected chi connectivity index (χ1v) is 12.4. The fraction of sp³-hybridized carbons (Fsp3) is 0.364. The molecule has 7 nitrogen and oxygen atoms in total. The van der Waals surface area contributed by atoms with E-state index in [1.54, 1.807) is 19.2 Å². The number of nitrogens with zero attached hydrogens (tertiary/aromatic N) is 3. The van der Waals surface area contributed by atoms with E-state index in [0.717, 1.165) is 22.3 Å². The summed E-state index contributed by atoms with van der Waals surface area (Å²) in [7, 11) is 1.75. The summed E-state index contributed by atoms with van der Waals surface area (Å²) in [5.74, 6) is -0.377. The van der Waals surface area contributed by atoms with Crippen LogP contribution < -0.4 is 9.64 Å². The Balaban J connectivity index is 0.00000363. The summed E-state index contributed by atoms with van der Waals surface area (Å²) in [6.07, 6.45) is 0.697. The van der Waals surface area contributed by atoms with E-state index < -0.39 is 21.5 Å². The lowest BCUT2D eigenvalue weighted by molar-refractivity contribution is -0.116. The fourth-order valence-corrected chi connectivity index (χ4v) is 5.31. The predicted octanol–water partition coefficient (Wildman–Crippen LogP) is 3.79. The van der Waals surface area contributed by atoms with Gasteiger partial charge in [0.05, 0.1) is 22.2 Å². The molecule has 10 heteroatoms. The number of methoxy groups -OCH3 is 1. The van der Waals surface area contributed by atoms with Gasteiger partial charge in [0.1, 0.15) is 11.5 Å². The molecular formula is C22H28ClN3O4S2. The second-order valence-electron chi connectivity index (χ2n) is 7.60. The van der Waals surface area contributed by atoms with Crippen LogP contribution in [0.1, 0.15) is 12.0 Å². The van der Waals surface area contributed by atoms with Crippen molar-refractivity contribution in [1.82, 2.24) is 9.88 Å². The molecule has 0 unspecified atom stereocenters. The number of benzene rings is 2. The molecule has 0 fully saturated rings. The molecule has 0 saturated carbocycles. The number of thiazole rings is 1. The summed E-state index contributed by atoms with van der Waals surface area (Å²) < 4.78 is 31.8. The summed E-state index contributed by atoms with van der Waals surface area (Å²) in [4.78, 5) is 21.4. The Morgan fingerprint density at radius 1 is 1.09 bits per heavy atom. The first-order valence-electron chi connectivity index (χ1n) is 9.89. The van der Waals surface area contributed by atoms with Gasteiger partial charge in [-0.25, -0.2) is 13.4 Å². The SMILES string of the molecule is COc1ccc2nc(N(CCCN(C)C)C(=O)CS(=O)(=O)c3ccc(C)cc3)sc2c1.Cl. The molecule has 174 valence electrons. The Morgan fingerprint density at radius 3 is 2.41 bits per heavy atom. The van der Waals surface area contributed by atoms with Crippen molar-refractivity contribution >= 4 is 54.8 Å². The first kappa shape index (κ1) is 26.1. The molecule has 0 aliphatic carbocycles. The van der Waals surface area contributed by atoms with Gasteiger partial charge in [-0.05, 0) is 64.3 Å². The third-order valence-electron chi connectivity index (χ3n) is 4.80. The monoisotopic (exact) mass is 497 g/mol. The van der Waals surface area contributed by atoms with E-state index in [1.165, 1.54) is 28.4 Å². The lowest BCUT2D eigenvalue weighted by Crippen LogP contribution is -2.37. The molecule has 0 N–H and O–H groups in total. The van der Waals surface area contributed by atoms with Gasteiger partial charge in [0.2, 0.25) is 5.91 Å². The van der Waals surface area contributed by atoms with E-state index in [0.29, 0.717) is 23.8 Å². The van der Waals surface area contributed by atoms with Crippen LogP contribution in [0.25, 0.3) is 10.2 Å². The van der Waals surface area contributed by atoms with Gasteiger partial charge >= 0.3 is 0 Å². The third-order valence-corrected chi connectivity index (χ3v) is 7.46. The van der Waals surface area contributed by atoms with Gasteiger partial charge in [0, 0.05) is 6.54 Å². The Labute approximate surface area is 199 Å². The number of aryl methyl sites for hydroxylation is 1. The van der Waals surface area contributed by atoms with Crippen LogP contribution in [0.15, 0.2) is 47.4 Å². The number of anilines is 1. The number of amides is 1. The van der Waals surface area contributed by atoms with Crippen LogP contribution in [-0.2, 0) is 14.6 Å². The molecule has 0 saturated heterocycles. The lowest BCUT2D eigenvalue weighted by Gasteiger charge is -2.21. The van der Waals surface area contributed by atoms with Crippen molar-refractivity contribution in [3.63, 3.8) is 0 Å². The number of rotatable bonds is 9. The van der Waals surface area contributed by atoms with E-state index >= 15 is 0 Å². The molecule has 0 spiro atoms. The van der Waals surface area contributed by atoms with E-state index in [2.05, 4.69) is 4.98 Å².